The maximum Gasteiger partial charge on any atom is 0.335 e. The summed E-state index contributed by atoms with van der Waals surface area (Å²) in [5.41, 5.74) is 2.01. The van der Waals surface area contributed by atoms with Gasteiger partial charge in [0.15, 0.2) is 18.1 Å². The fraction of sp³-hybridized carbons (Fsp3) is 0.118. The van der Waals surface area contributed by atoms with E-state index in [0.717, 1.165) is 10.5 Å². The van der Waals surface area contributed by atoms with E-state index in [-0.39, 0.29) is 23.6 Å². The van der Waals surface area contributed by atoms with E-state index in [1.54, 1.807) is 73.7 Å². The standard InChI is InChI=1S/C34H28ClN3O7/c1-2-43-30-19-23(8-17-29(30)45-21-31(39)36-25-11-9-24(35)10-12-25)18-28-32(40)37-34(42)38(33(28)41)26-13-15-27(16-14-26)44-20-22-6-4-3-5-7-22/h3-19H,2,20-21H2,1H3,(H,36,39)(H,37,40,42)/b28-18+. The molecular formula is C34H28ClN3O7. The summed E-state index contributed by atoms with van der Waals surface area (Å²) in [6.45, 7) is 2.13. The first kappa shape index (κ1) is 30.8. The van der Waals surface area contributed by atoms with Gasteiger partial charge < -0.3 is 19.5 Å². The average Bonchev–Trinajstić information content (AvgIpc) is 3.04. The lowest BCUT2D eigenvalue weighted by atomic mass is 10.1. The van der Waals surface area contributed by atoms with Crippen LogP contribution in [0.5, 0.6) is 17.2 Å². The van der Waals surface area contributed by atoms with Gasteiger partial charge in [0.05, 0.1) is 12.3 Å². The SMILES string of the molecule is CCOc1cc(/C=C2\C(=O)NC(=O)N(c3ccc(OCc4ccccc4)cc3)C2=O)ccc1OCC(=O)Nc1ccc(Cl)cc1. The molecule has 1 aliphatic heterocycles. The highest BCUT2D eigenvalue weighted by Crippen LogP contribution is 2.31. The van der Waals surface area contributed by atoms with Crippen LogP contribution in [0.25, 0.3) is 6.08 Å². The number of amides is 5. The van der Waals surface area contributed by atoms with Gasteiger partial charge in [0.2, 0.25) is 0 Å². The molecule has 1 heterocycles. The number of barbiturate groups is 1. The first-order valence-corrected chi connectivity index (χ1v) is 14.3. The summed E-state index contributed by atoms with van der Waals surface area (Å²) < 4.78 is 17.2. The van der Waals surface area contributed by atoms with Crippen molar-refractivity contribution < 1.29 is 33.4 Å². The Balaban J connectivity index is 1.28. The molecule has 4 aromatic carbocycles. The van der Waals surface area contributed by atoms with Gasteiger partial charge in [0.25, 0.3) is 17.7 Å². The Morgan fingerprint density at radius 1 is 0.867 bits per heavy atom. The molecule has 0 bridgehead atoms. The molecule has 45 heavy (non-hydrogen) atoms. The normalized spacial score (nSPS) is 13.8. The highest BCUT2D eigenvalue weighted by molar-refractivity contribution is 6.39. The maximum atomic E-state index is 13.4. The lowest BCUT2D eigenvalue weighted by Crippen LogP contribution is -2.54. The lowest BCUT2D eigenvalue weighted by Gasteiger charge is -2.26. The summed E-state index contributed by atoms with van der Waals surface area (Å²) in [5, 5.41) is 5.47. The van der Waals surface area contributed by atoms with Gasteiger partial charge in [0, 0.05) is 10.7 Å². The molecule has 4 aromatic rings. The quantitative estimate of drug-likeness (QED) is 0.155. The number of nitrogens with zero attached hydrogens (tertiary/aromatic N) is 1. The molecule has 0 aromatic heterocycles. The summed E-state index contributed by atoms with van der Waals surface area (Å²) in [6, 6.07) is 26.6. The second kappa shape index (κ2) is 14.2. The van der Waals surface area contributed by atoms with Gasteiger partial charge in [-0.25, -0.2) is 9.69 Å². The zero-order valence-corrected chi connectivity index (χ0v) is 24.9. The smallest absolute Gasteiger partial charge is 0.335 e. The van der Waals surface area contributed by atoms with Crippen LogP contribution in [0.3, 0.4) is 0 Å². The molecule has 0 unspecified atom stereocenters. The fourth-order valence-electron chi connectivity index (χ4n) is 4.37. The molecule has 0 spiro atoms. The number of hydrogen-bond acceptors (Lipinski definition) is 7. The molecular weight excluding hydrogens is 598 g/mol. The van der Waals surface area contributed by atoms with Crippen molar-refractivity contribution in [1.82, 2.24) is 5.32 Å². The number of imide groups is 2. The van der Waals surface area contributed by atoms with Crippen LogP contribution in [-0.2, 0) is 21.0 Å². The minimum absolute atomic E-state index is 0.252. The van der Waals surface area contributed by atoms with Gasteiger partial charge in [-0.2, -0.15) is 0 Å². The molecule has 5 amide bonds. The molecule has 11 heteroatoms. The zero-order chi connectivity index (χ0) is 31.8. The van der Waals surface area contributed by atoms with E-state index in [1.807, 2.05) is 30.3 Å². The van der Waals surface area contributed by atoms with Crippen molar-refractivity contribution in [2.75, 3.05) is 23.4 Å². The summed E-state index contributed by atoms with van der Waals surface area (Å²) >= 11 is 5.88. The minimum atomic E-state index is -0.865. The Labute approximate surface area is 264 Å². The third-order valence-corrected chi connectivity index (χ3v) is 6.76. The van der Waals surface area contributed by atoms with Crippen molar-refractivity contribution in [3.63, 3.8) is 0 Å². The van der Waals surface area contributed by atoms with Crippen molar-refractivity contribution in [1.29, 1.82) is 0 Å². The van der Waals surface area contributed by atoms with Gasteiger partial charge in [0.1, 0.15) is 17.9 Å². The van der Waals surface area contributed by atoms with Gasteiger partial charge in [-0.05, 0) is 84.8 Å². The highest BCUT2D eigenvalue weighted by Gasteiger charge is 2.36. The molecule has 1 aliphatic rings. The summed E-state index contributed by atoms with van der Waals surface area (Å²) in [4.78, 5) is 52.1. The van der Waals surface area contributed by atoms with Crippen LogP contribution in [-0.4, -0.2) is 37.0 Å². The van der Waals surface area contributed by atoms with E-state index in [1.165, 1.54) is 6.08 Å². The average molecular weight is 626 g/mol. The molecule has 5 rings (SSSR count). The van der Waals surface area contributed by atoms with E-state index >= 15 is 0 Å². The van der Waals surface area contributed by atoms with Crippen LogP contribution < -0.4 is 29.7 Å². The number of carbonyl (C=O) groups is 4. The van der Waals surface area contributed by atoms with E-state index in [2.05, 4.69) is 10.6 Å². The number of benzene rings is 4. The Morgan fingerprint density at radius 2 is 1.60 bits per heavy atom. The number of ether oxygens (including phenoxy) is 3. The number of urea groups is 1. The number of carbonyl (C=O) groups excluding carboxylic acids is 4. The number of halogens is 1. The second-order valence-corrected chi connectivity index (χ2v) is 10.1. The molecule has 0 atom stereocenters. The first-order chi connectivity index (χ1) is 21.8. The van der Waals surface area contributed by atoms with E-state index in [4.69, 9.17) is 25.8 Å². The van der Waals surface area contributed by atoms with Crippen LogP contribution in [0, 0.1) is 0 Å². The van der Waals surface area contributed by atoms with Crippen LogP contribution in [0.2, 0.25) is 5.02 Å². The van der Waals surface area contributed by atoms with Crippen molar-refractivity contribution in [3.8, 4) is 17.2 Å². The predicted octanol–water partition coefficient (Wildman–Crippen LogP) is 6.00. The van der Waals surface area contributed by atoms with E-state index in [0.29, 0.717) is 41.0 Å². The topological polar surface area (TPSA) is 123 Å². The summed E-state index contributed by atoms with van der Waals surface area (Å²) in [6.07, 6.45) is 1.36. The first-order valence-electron chi connectivity index (χ1n) is 13.9. The minimum Gasteiger partial charge on any atom is -0.490 e. The van der Waals surface area contributed by atoms with Crippen LogP contribution in [0.1, 0.15) is 18.1 Å². The molecule has 0 aliphatic carbocycles. The van der Waals surface area contributed by atoms with Gasteiger partial charge in [-0.3, -0.25) is 19.7 Å². The Hall–Kier alpha value is -5.61. The van der Waals surface area contributed by atoms with Crippen molar-refractivity contribution in [2.45, 2.75) is 13.5 Å². The van der Waals surface area contributed by atoms with Crippen molar-refractivity contribution in [2.24, 2.45) is 0 Å². The summed E-state index contributed by atoms with van der Waals surface area (Å²) in [7, 11) is 0. The lowest BCUT2D eigenvalue weighted by molar-refractivity contribution is -0.122. The molecule has 10 nitrogen and oxygen atoms in total. The van der Waals surface area contributed by atoms with Crippen molar-refractivity contribution in [3.05, 3.63) is 119 Å². The highest BCUT2D eigenvalue weighted by atomic mass is 35.5. The largest absolute Gasteiger partial charge is 0.490 e. The monoisotopic (exact) mass is 625 g/mol. The van der Waals surface area contributed by atoms with Crippen LogP contribution in [0.15, 0.2) is 103 Å². The summed E-state index contributed by atoms with van der Waals surface area (Å²) in [5.74, 6) is -0.881. The molecule has 0 saturated carbocycles. The Kier molecular flexibility index (Phi) is 9.76. The van der Waals surface area contributed by atoms with Gasteiger partial charge >= 0.3 is 6.03 Å². The third-order valence-electron chi connectivity index (χ3n) is 6.51. The molecule has 1 saturated heterocycles. The Morgan fingerprint density at radius 3 is 2.31 bits per heavy atom. The predicted molar refractivity (Wildman–Crippen MR) is 169 cm³/mol. The zero-order valence-electron chi connectivity index (χ0n) is 24.1. The van der Waals surface area contributed by atoms with Gasteiger partial charge in [-0.1, -0.05) is 48.0 Å². The third kappa shape index (κ3) is 7.87. The maximum absolute atomic E-state index is 13.4. The van der Waals surface area contributed by atoms with Gasteiger partial charge in [-0.15, -0.1) is 0 Å². The second-order valence-electron chi connectivity index (χ2n) is 9.71. The van der Waals surface area contributed by atoms with Crippen LogP contribution in [0.4, 0.5) is 16.2 Å². The fourth-order valence-corrected chi connectivity index (χ4v) is 4.49. The molecule has 1 fully saturated rings. The van der Waals surface area contributed by atoms with E-state index in [9.17, 15) is 19.2 Å². The number of hydrogen-bond donors (Lipinski definition) is 2. The molecule has 228 valence electrons. The number of rotatable bonds is 11. The van der Waals surface area contributed by atoms with E-state index < -0.39 is 23.8 Å². The molecule has 2 N–H and O–H groups in total. The molecule has 0 radical (unpaired) electrons. The Bertz CT molecular complexity index is 1740. The number of nitrogens with one attached hydrogen (secondary N) is 2. The van der Waals surface area contributed by atoms with Crippen molar-refractivity contribution >= 4 is 52.8 Å². The number of anilines is 2. The van der Waals surface area contributed by atoms with Crippen LogP contribution >= 0.6 is 11.6 Å².